The Balaban J connectivity index is 2.55. The number of alkyl halides is 3. The van der Waals surface area contributed by atoms with Crippen molar-refractivity contribution in [2.75, 3.05) is 0 Å². The van der Waals surface area contributed by atoms with E-state index in [0.717, 1.165) is 22.5 Å². The molecule has 2 rings (SSSR count). The minimum Gasteiger partial charge on any atom is -0.326 e. The highest BCUT2D eigenvalue weighted by Crippen LogP contribution is 2.37. The zero-order chi connectivity index (χ0) is 14.2. The quantitative estimate of drug-likeness (QED) is 0.922. The van der Waals surface area contributed by atoms with E-state index in [1.165, 1.54) is 0 Å². The summed E-state index contributed by atoms with van der Waals surface area (Å²) in [5.74, 6) is 0. The first-order valence-corrected chi connectivity index (χ1v) is 6.35. The molecule has 2 N–H and O–H groups in total. The smallest absolute Gasteiger partial charge is 0.326 e. The summed E-state index contributed by atoms with van der Waals surface area (Å²) in [5, 5.41) is 0.255. The minimum atomic E-state index is -4.48. The lowest BCUT2D eigenvalue weighted by atomic mass is 10.2. The first-order valence-electron chi connectivity index (χ1n) is 5.53. The molecule has 0 aromatic carbocycles. The predicted molar refractivity (Wildman–Crippen MR) is 67.7 cm³/mol. The van der Waals surface area contributed by atoms with E-state index in [9.17, 15) is 13.2 Å². The van der Waals surface area contributed by atoms with Gasteiger partial charge in [-0.3, -0.25) is 4.98 Å². The average molecular weight is 287 g/mol. The van der Waals surface area contributed by atoms with E-state index in [1.807, 2.05) is 13.0 Å². The molecule has 0 aliphatic heterocycles. The molecule has 0 saturated carbocycles. The summed E-state index contributed by atoms with van der Waals surface area (Å²) in [6, 6.07) is 1.86. The van der Waals surface area contributed by atoms with Crippen molar-refractivity contribution in [3.05, 3.63) is 34.0 Å². The molecular weight excluding hydrogens is 275 g/mol. The molecule has 102 valence electrons. The van der Waals surface area contributed by atoms with Gasteiger partial charge in [0.05, 0.1) is 4.88 Å². The van der Waals surface area contributed by atoms with E-state index < -0.39 is 11.9 Å². The Morgan fingerprint density at radius 2 is 2.00 bits per heavy atom. The van der Waals surface area contributed by atoms with Gasteiger partial charge >= 0.3 is 6.18 Å². The van der Waals surface area contributed by atoms with Crippen LogP contribution in [0.2, 0.25) is 0 Å². The number of nitrogens with two attached hydrogens (primary N) is 1. The summed E-state index contributed by atoms with van der Waals surface area (Å²) < 4.78 is 38.4. The minimum absolute atomic E-state index is 0.0317. The van der Waals surface area contributed by atoms with Crippen LogP contribution in [0.25, 0.3) is 10.7 Å². The number of thiazole rings is 1. The molecule has 2 aromatic heterocycles. The maximum Gasteiger partial charge on any atom is 0.434 e. The maximum absolute atomic E-state index is 12.8. The molecular formula is C12H12F3N3S. The molecule has 0 spiro atoms. The number of aryl methyl sites for hydroxylation is 2. The number of aromatic nitrogens is 2. The van der Waals surface area contributed by atoms with Gasteiger partial charge in [-0.05, 0) is 25.0 Å². The standard InChI is InChI=1S/C12H12F3N3S/c1-6-3-7(2)9(17-5-6)11-18-10(12(13,14)15)8(4-16)19-11/h3,5H,4,16H2,1-2H3. The summed E-state index contributed by atoms with van der Waals surface area (Å²) in [5.41, 5.74) is 6.67. The second kappa shape index (κ2) is 4.90. The normalized spacial score (nSPS) is 11.9. The zero-order valence-electron chi connectivity index (χ0n) is 10.4. The Morgan fingerprint density at radius 1 is 1.32 bits per heavy atom. The third-order valence-electron chi connectivity index (χ3n) is 2.57. The number of nitrogens with zero attached hydrogens (tertiary/aromatic N) is 2. The molecule has 0 amide bonds. The van der Waals surface area contributed by atoms with Gasteiger partial charge in [0.15, 0.2) is 5.69 Å². The summed E-state index contributed by atoms with van der Waals surface area (Å²) in [7, 11) is 0. The van der Waals surface area contributed by atoms with Gasteiger partial charge in [0.2, 0.25) is 0 Å². The van der Waals surface area contributed by atoms with Crippen molar-refractivity contribution >= 4 is 11.3 Å². The highest BCUT2D eigenvalue weighted by atomic mass is 32.1. The molecule has 7 heteroatoms. The van der Waals surface area contributed by atoms with Crippen molar-refractivity contribution in [3.63, 3.8) is 0 Å². The number of hydrogen-bond acceptors (Lipinski definition) is 4. The van der Waals surface area contributed by atoms with E-state index >= 15 is 0 Å². The van der Waals surface area contributed by atoms with E-state index in [1.54, 1.807) is 13.1 Å². The van der Waals surface area contributed by atoms with Gasteiger partial charge in [-0.15, -0.1) is 11.3 Å². The Labute approximate surface area is 112 Å². The zero-order valence-corrected chi connectivity index (χ0v) is 11.2. The fourth-order valence-corrected chi connectivity index (χ4v) is 2.77. The molecule has 0 aliphatic carbocycles. The van der Waals surface area contributed by atoms with Crippen LogP contribution in [0.3, 0.4) is 0 Å². The van der Waals surface area contributed by atoms with Gasteiger partial charge in [-0.2, -0.15) is 13.2 Å². The molecule has 0 radical (unpaired) electrons. The van der Waals surface area contributed by atoms with Crippen LogP contribution in [-0.4, -0.2) is 9.97 Å². The second-order valence-corrected chi connectivity index (χ2v) is 5.25. The molecule has 0 fully saturated rings. The highest BCUT2D eigenvalue weighted by molar-refractivity contribution is 7.15. The molecule has 2 heterocycles. The van der Waals surface area contributed by atoms with Crippen LogP contribution in [0, 0.1) is 13.8 Å². The first-order chi connectivity index (χ1) is 8.82. The molecule has 3 nitrogen and oxygen atoms in total. The molecule has 0 atom stereocenters. The SMILES string of the molecule is Cc1cnc(-c2nc(C(F)(F)F)c(CN)s2)c(C)c1. The molecule has 0 unspecified atom stereocenters. The molecule has 0 bridgehead atoms. The third kappa shape index (κ3) is 2.76. The van der Waals surface area contributed by atoms with Crippen molar-refractivity contribution in [2.24, 2.45) is 5.73 Å². The Kier molecular flexibility index (Phi) is 3.60. The summed E-state index contributed by atoms with van der Waals surface area (Å²) in [6.45, 7) is 3.49. The Bertz CT molecular complexity index is 605. The third-order valence-corrected chi connectivity index (χ3v) is 3.65. The maximum atomic E-state index is 12.8. The van der Waals surface area contributed by atoms with Gasteiger partial charge in [0, 0.05) is 12.7 Å². The Morgan fingerprint density at radius 3 is 2.47 bits per heavy atom. The fourth-order valence-electron chi connectivity index (χ4n) is 1.75. The fraction of sp³-hybridized carbons (Fsp3) is 0.333. The van der Waals surface area contributed by atoms with Crippen molar-refractivity contribution in [1.82, 2.24) is 9.97 Å². The molecule has 0 aliphatic rings. The van der Waals surface area contributed by atoms with Crippen LogP contribution in [0.5, 0.6) is 0 Å². The monoisotopic (exact) mass is 287 g/mol. The number of rotatable bonds is 2. The number of halogens is 3. The largest absolute Gasteiger partial charge is 0.434 e. The van der Waals surface area contributed by atoms with Gasteiger partial charge in [-0.1, -0.05) is 6.07 Å². The molecule has 2 aromatic rings. The molecule has 19 heavy (non-hydrogen) atoms. The van der Waals surface area contributed by atoms with Gasteiger partial charge in [0.25, 0.3) is 0 Å². The Hall–Kier alpha value is -1.47. The van der Waals surface area contributed by atoms with Crippen LogP contribution in [0.4, 0.5) is 13.2 Å². The van der Waals surface area contributed by atoms with Crippen molar-refractivity contribution in [3.8, 4) is 10.7 Å². The van der Waals surface area contributed by atoms with Gasteiger partial charge in [-0.25, -0.2) is 4.98 Å². The summed E-state index contributed by atoms with van der Waals surface area (Å²) in [6.07, 6.45) is -2.87. The molecule has 0 saturated heterocycles. The number of hydrogen-bond donors (Lipinski definition) is 1. The van der Waals surface area contributed by atoms with Crippen LogP contribution >= 0.6 is 11.3 Å². The van der Waals surface area contributed by atoms with Gasteiger partial charge in [0.1, 0.15) is 10.7 Å². The lowest BCUT2D eigenvalue weighted by Gasteiger charge is -2.04. The predicted octanol–water partition coefficient (Wildman–Crippen LogP) is 3.30. The topological polar surface area (TPSA) is 51.8 Å². The van der Waals surface area contributed by atoms with E-state index in [-0.39, 0.29) is 16.4 Å². The van der Waals surface area contributed by atoms with Crippen LogP contribution in [0.15, 0.2) is 12.3 Å². The summed E-state index contributed by atoms with van der Waals surface area (Å²) >= 11 is 0.941. The highest BCUT2D eigenvalue weighted by Gasteiger charge is 2.37. The average Bonchev–Trinajstić information content (AvgIpc) is 2.72. The lowest BCUT2D eigenvalue weighted by molar-refractivity contribution is -0.141. The van der Waals surface area contributed by atoms with E-state index in [0.29, 0.717) is 5.69 Å². The lowest BCUT2D eigenvalue weighted by Crippen LogP contribution is -2.10. The second-order valence-electron chi connectivity index (χ2n) is 4.17. The number of pyridine rings is 1. The van der Waals surface area contributed by atoms with Crippen LogP contribution < -0.4 is 5.73 Å². The van der Waals surface area contributed by atoms with E-state index in [4.69, 9.17) is 5.73 Å². The van der Waals surface area contributed by atoms with Crippen molar-refractivity contribution in [2.45, 2.75) is 26.6 Å². The van der Waals surface area contributed by atoms with Crippen LogP contribution in [0.1, 0.15) is 21.7 Å². The van der Waals surface area contributed by atoms with E-state index in [2.05, 4.69) is 9.97 Å². The van der Waals surface area contributed by atoms with Crippen molar-refractivity contribution < 1.29 is 13.2 Å². The van der Waals surface area contributed by atoms with Crippen molar-refractivity contribution in [1.29, 1.82) is 0 Å². The summed E-state index contributed by atoms with van der Waals surface area (Å²) in [4.78, 5) is 7.85. The van der Waals surface area contributed by atoms with Gasteiger partial charge < -0.3 is 5.73 Å². The first kappa shape index (κ1) is 14.0. The van der Waals surface area contributed by atoms with Crippen LogP contribution in [-0.2, 0) is 12.7 Å².